The molecular formula is C12H16N2O5. The number of carboxylic acids is 1. The average Bonchev–Trinajstić information content (AvgIpc) is 3.05. The summed E-state index contributed by atoms with van der Waals surface area (Å²) in [6.45, 7) is 0.687. The Morgan fingerprint density at radius 1 is 1.37 bits per heavy atom. The number of furan rings is 1. The van der Waals surface area contributed by atoms with Gasteiger partial charge in [0.25, 0.3) is 0 Å². The average molecular weight is 268 g/mol. The summed E-state index contributed by atoms with van der Waals surface area (Å²) in [6, 6.07) is 1.45. The van der Waals surface area contributed by atoms with Gasteiger partial charge < -0.3 is 24.9 Å². The van der Waals surface area contributed by atoms with Crippen molar-refractivity contribution in [2.45, 2.75) is 31.6 Å². The Labute approximate surface area is 109 Å². The minimum atomic E-state index is -0.952. The van der Waals surface area contributed by atoms with Crippen LogP contribution in [0.15, 0.2) is 23.0 Å². The molecule has 104 valence electrons. The Morgan fingerprint density at radius 3 is 2.84 bits per heavy atom. The summed E-state index contributed by atoms with van der Waals surface area (Å²) in [4.78, 5) is 22.2. The van der Waals surface area contributed by atoms with Gasteiger partial charge in [-0.25, -0.2) is 9.59 Å². The molecule has 1 aromatic heterocycles. The number of aliphatic carboxylic acids is 1. The molecule has 1 fully saturated rings. The van der Waals surface area contributed by atoms with Crippen molar-refractivity contribution >= 4 is 12.0 Å². The highest BCUT2D eigenvalue weighted by Gasteiger charge is 2.30. The molecule has 2 amide bonds. The molecule has 2 rings (SSSR count). The Morgan fingerprint density at radius 2 is 2.21 bits per heavy atom. The fourth-order valence-electron chi connectivity index (χ4n) is 1.88. The predicted molar refractivity (Wildman–Crippen MR) is 64.5 cm³/mol. The first-order valence-electron chi connectivity index (χ1n) is 6.06. The molecule has 0 aromatic carbocycles. The number of carboxylic acid groups (broad SMARTS) is 1. The Bertz CT molecular complexity index is 431. The van der Waals surface area contributed by atoms with E-state index in [1.807, 2.05) is 0 Å². The fourth-order valence-corrected chi connectivity index (χ4v) is 1.88. The number of carbonyl (C=O) groups excluding carboxylic acids is 1. The molecular weight excluding hydrogens is 252 g/mol. The van der Waals surface area contributed by atoms with Crippen molar-refractivity contribution in [3.8, 4) is 0 Å². The molecule has 1 aromatic rings. The molecule has 0 spiro atoms. The van der Waals surface area contributed by atoms with Gasteiger partial charge in [-0.3, -0.25) is 0 Å². The van der Waals surface area contributed by atoms with Gasteiger partial charge in [0, 0.05) is 18.7 Å². The molecule has 0 radical (unpaired) electrons. The van der Waals surface area contributed by atoms with E-state index in [-0.39, 0.29) is 12.1 Å². The highest BCUT2D eigenvalue weighted by atomic mass is 16.5. The second kappa shape index (κ2) is 6.24. The highest BCUT2D eigenvalue weighted by molar-refractivity contribution is 5.74. The number of hydrogen-bond acceptors (Lipinski definition) is 4. The Balaban J connectivity index is 1.63. The van der Waals surface area contributed by atoms with Crippen LogP contribution in [0.2, 0.25) is 0 Å². The van der Waals surface area contributed by atoms with Crippen LogP contribution in [0.3, 0.4) is 0 Å². The lowest BCUT2D eigenvalue weighted by atomic mass is 10.2. The molecule has 1 saturated heterocycles. The first kappa shape index (κ1) is 13.4. The van der Waals surface area contributed by atoms with Crippen molar-refractivity contribution in [1.29, 1.82) is 0 Å². The maximum absolute atomic E-state index is 11.5. The molecule has 1 aliphatic heterocycles. The molecule has 3 N–H and O–H groups in total. The normalized spacial score (nSPS) is 22.1. The van der Waals surface area contributed by atoms with Crippen LogP contribution in [-0.2, 0) is 16.1 Å². The lowest BCUT2D eigenvalue weighted by Gasteiger charge is -2.12. The summed E-state index contributed by atoms with van der Waals surface area (Å²) in [5.41, 5.74) is 0.873. The third-order valence-electron chi connectivity index (χ3n) is 2.91. The largest absolute Gasteiger partial charge is 0.479 e. The number of amides is 2. The molecule has 19 heavy (non-hydrogen) atoms. The quantitative estimate of drug-likeness (QED) is 0.730. The number of rotatable bonds is 5. The summed E-state index contributed by atoms with van der Waals surface area (Å²) in [7, 11) is 0. The van der Waals surface area contributed by atoms with Crippen molar-refractivity contribution in [3.05, 3.63) is 24.2 Å². The zero-order chi connectivity index (χ0) is 13.7. The van der Waals surface area contributed by atoms with Crippen molar-refractivity contribution in [3.63, 3.8) is 0 Å². The lowest BCUT2D eigenvalue weighted by molar-refractivity contribution is -0.149. The van der Waals surface area contributed by atoms with Crippen molar-refractivity contribution < 1.29 is 23.8 Å². The number of nitrogens with one attached hydrogen (secondary N) is 2. The molecule has 1 aliphatic rings. The smallest absolute Gasteiger partial charge is 0.332 e. The van der Waals surface area contributed by atoms with E-state index in [0.717, 1.165) is 5.56 Å². The number of hydrogen-bond donors (Lipinski definition) is 3. The van der Waals surface area contributed by atoms with E-state index in [0.29, 0.717) is 25.9 Å². The minimum Gasteiger partial charge on any atom is -0.479 e. The Kier molecular flexibility index (Phi) is 4.40. The van der Waals surface area contributed by atoms with Crippen LogP contribution >= 0.6 is 0 Å². The molecule has 2 atom stereocenters. The summed E-state index contributed by atoms with van der Waals surface area (Å²) in [6.07, 6.45) is 3.23. The van der Waals surface area contributed by atoms with Gasteiger partial charge in [-0.2, -0.15) is 0 Å². The molecule has 0 bridgehead atoms. The summed E-state index contributed by atoms with van der Waals surface area (Å²) < 4.78 is 10.1. The molecule has 7 heteroatoms. The van der Waals surface area contributed by atoms with Gasteiger partial charge in [0.1, 0.15) is 0 Å². The summed E-state index contributed by atoms with van der Waals surface area (Å²) >= 11 is 0. The van der Waals surface area contributed by atoms with Gasteiger partial charge in [-0.15, -0.1) is 0 Å². The van der Waals surface area contributed by atoms with Gasteiger partial charge >= 0.3 is 12.0 Å². The third-order valence-corrected chi connectivity index (χ3v) is 2.91. The highest BCUT2D eigenvalue weighted by Crippen LogP contribution is 2.19. The maximum atomic E-state index is 11.5. The zero-order valence-corrected chi connectivity index (χ0v) is 10.3. The van der Waals surface area contributed by atoms with Crippen LogP contribution in [0.5, 0.6) is 0 Å². The van der Waals surface area contributed by atoms with E-state index >= 15 is 0 Å². The maximum Gasteiger partial charge on any atom is 0.332 e. The van der Waals surface area contributed by atoms with Crippen molar-refractivity contribution in [2.24, 2.45) is 0 Å². The number of ether oxygens (including phenoxy) is 1. The van der Waals surface area contributed by atoms with Gasteiger partial charge in [0.2, 0.25) is 0 Å². The summed E-state index contributed by atoms with van der Waals surface area (Å²) in [5, 5.41) is 14.1. The van der Waals surface area contributed by atoms with Crippen LogP contribution in [0.4, 0.5) is 4.79 Å². The predicted octanol–water partition coefficient (Wildman–Crippen LogP) is 0.711. The van der Waals surface area contributed by atoms with E-state index in [9.17, 15) is 9.59 Å². The van der Waals surface area contributed by atoms with Crippen LogP contribution in [0.1, 0.15) is 18.4 Å². The standard InChI is InChI=1S/C12H16N2O5/c15-11(16)10-2-1-9(19-10)6-14-12(17)13-5-8-3-4-18-7-8/h3-4,7,9-10H,1-2,5-6H2,(H,15,16)(H2,13,14,17). The first-order chi connectivity index (χ1) is 9.15. The van der Waals surface area contributed by atoms with Gasteiger partial charge in [0.15, 0.2) is 6.10 Å². The molecule has 2 unspecified atom stereocenters. The van der Waals surface area contributed by atoms with Crippen LogP contribution < -0.4 is 10.6 Å². The van der Waals surface area contributed by atoms with Crippen LogP contribution in [-0.4, -0.2) is 35.9 Å². The topological polar surface area (TPSA) is 101 Å². The van der Waals surface area contributed by atoms with Gasteiger partial charge in [-0.05, 0) is 18.9 Å². The molecule has 7 nitrogen and oxygen atoms in total. The van der Waals surface area contributed by atoms with E-state index in [4.69, 9.17) is 14.3 Å². The second-order valence-electron chi connectivity index (χ2n) is 4.36. The van der Waals surface area contributed by atoms with Crippen LogP contribution in [0.25, 0.3) is 0 Å². The minimum absolute atomic E-state index is 0.235. The van der Waals surface area contributed by atoms with E-state index in [2.05, 4.69) is 10.6 Å². The molecule has 2 heterocycles. The summed E-state index contributed by atoms with van der Waals surface area (Å²) in [5.74, 6) is -0.952. The van der Waals surface area contributed by atoms with Gasteiger partial charge in [-0.1, -0.05) is 0 Å². The molecule has 0 saturated carbocycles. The van der Waals surface area contributed by atoms with Gasteiger partial charge in [0.05, 0.1) is 18.6 Å². The Hall–Kier alpha value is -2.02. The van der Waals surface area contributed by atoms with Crippen molar-refractivity contribution in [1.82, 2.24) is 10.6 Å². The monoisotopic (exact) mass is 268 g/mol. The number of carbonyl (C=O) groups is 2. The number of urea groups is 1. The van der Waals surface area contributed by atoms with E-state index in [1.54, 1.807) is 12.3 Å². The third kappa shape index (κ3) is 3.99. The van der Waals surface area contributed by atoms with E-state index in [1.165, 1.54) is 6.26 Å². The molecule has 0 aliphatic carbocycles. The van der Waals surface area contributed by atoms with Crippen molar-refractivity contribution in [2.75, 3.05) is 6.54 Å². The zero-order valence-electron chi connectivity index (χ0n) is 10.3. The fraction of sp³-hybridized carbons (Fsp3) is 0.500. The van der Waals surface area contributed by atoms with Crippen LogP contribution in [0, 0.1) is 0 Å². The van der Waals surface area contributed by atoms with E-state index < -0.39 is 12.1 Å². The second-order valence-corrected chi connectivity index (χ2v) is 4.36. The first-order valence-corrected chi connectivity index (χ1v) is 6.06. The SMILES string of the molecule is O=C(NCc1ccoc1)NCC1CCC(C(=O)O)O1. The lowest BCUT2D eigenvalue weighted by Crippen LogP contribution is -2.39.